The summed E-state index contributed by atoms with van der Waals surface area (Å²) in [5.41, 5.74) is 3.42. The predicted molar refractivity (Wildman–Crippen MR) is 121 cm³/mol. The molecule has 0 unspecified atom stereocenters. The summed E-state index contributed by atoms with van der Waals surface area (Å²) >= 11 is 0. The lowest BCUT2D eigenvalue weighted by Crippen LogP contribution is -2.34. The molecule has 9 nitrogen and oxygen atoms in total. The van der Waals surface area contributed by atoms with Crippen LogP contribution in [0.2, 0.25) is 0 Å². The van der Waals surface area contributed by atoms with Gasteiger partial charge in [0.05, 0.1) is 40.7 Å². The molecule has 0 aliphatic rings. The molecule has 0 saturated carbocycles. The van der Waals surface area contributed by atoms with Crippen molar-refractivity contribution in [2.75, 3.05) is 34.5 Å². The van der Waals surface area contributed by atoms with Crippen molar-refractivity contribution in [3.05, 3.63) is 47.5 Å². The molecule has 172 valence electrons. The second-order valence-corrected chi connectivity index (χ2v) is 6.66. The highest BCUT2D eigenvalue weighted by molar-refractivity contribution is 5.96. The van der Waals surface area contributed by atoms with E-state index in [2.05, 4.69) is 22.8 Å². The molecule has 9 heteroatoms. The van der Waals surface area contributed by atoms with Gasteiger partial charge >= 0.3 is 0 Å². The van der Waals surface area contributed by atoms with Crippen molar-refractivity contribution in [2.24, 2.45) is 5.10 Å². The standard InChI is InChI=1S/C23H29N3O6/c1-5-6-11-32-18-9-7-17(8-10-18)23(28)24-15-21(27)26-25-14-16-12-19(29-2)22(31-4)20(13-16)30-3/h7-10,12-14H,5-6,11,15H2,1-4H3,(H,24,28)(H,26,27)/b25-14-. The van der Waals surface area contributed by atoms with Gasteiger partial charge in [0.1, 0.15) is 5.75 Å². The van der Waals surface area contributed by atoms with Gasteiger partial charge in [0, 0.05) is 11.1 Å². The quantitative estimate of drug-likeness (QED) is 0.297. The molecule has 2 aromatic carbocycles. The first-order valence-electron chi connectivity index (χ1n) is 10.1. The Morgan fingerprint density at radius 2 is 1.66 bits per heavy atom. The van der Waals surface area contributed by atoms with Crippen LogP contribution in [0.5, 0.6) is 23.0 Å². The smallest absolute Gasteiger partial charge is 0.259 e. The van der Waals surface area contributed by atoms with Crippen molar-refractivity contribution in [3.63, 3.8) is 0 Å². The lowest BCUT2D eigenvalue weighted by atomic mass is 10.2. The number of hydrazone groups is 1. The highest BCUT2D eigenvalue weighted by Gasteiger charge is 2.12. The van der Waals surface area contributed by atoms with Gasteiger partial charge in [0.2, 0.25) is 5.75 Å². The maximum absolute atomic E-state index is 12.2. The van der Waals surface area contributed by atoms with E-state index in [1.807, 2.05) is 0 Å². The number of rotatable bonds is 12. The van der Waals surface area contributed by atoms with Crippen LogP contribution in [0.15, 0.2) is 41.5 Å². The van der Waals surface area contributed by atoms with Gasteiger partial charge in [-0.3, -0.25) is 9.59 Å². The Balaban J connectivity index is 1.85. The Kier molecular flexibility index (Phi) is 9.83. The van der Waals surface area contributed by atoms with Crippen molar-refractivity contribution >= 4 is 18.0 Å². The minimum atomic E-state index is -0.471. The molecular formula is C23H29N3O6. The topological polar surface area (TPSA) is 107 Å². The van der Waals surface area contributed by atoms with Crippen molar-refractivity contribution in [1.82, 2.24) is 10.7 Å². The minimum Gasteiger partial charge on any atom is -0.494 e. The molecular weight excluding hydrogens is 414 g/mol. The SMILES string of the molecule is CCCCOc1ccc(C(=O)NCC(=O)N/N=C\c2cc(OC)c(OC)c(OC)c2)cc1. The van der Waals surface area contributed by atoms with Gasteiger partial charge in [-0.15, -0.1) is 0 Å². The fourth-order valence-corrected chi connectivity index (χ4v) is 2.69. The molecule has 0 aliphatic carbocycles. The molecule has 2 amide bonds. The molecule has 0 saturated heterocycles. The van der Waals surface area contributed by atoms with E-state index >= 15 is 0 Å². The van der Waals surface area contributed by atoms with Gasteiger partial charge in [0.25, 0.3) is 11.8 Å². The Morgan fingerprint density at radius 3 is 2.22 bits per heavy atom. The number of amides is 2. The average Bonchev–Trinajstić information content (AvgIpc) is 2.82. The largest absolute Gasteiger partial charge is 0.494 e. The zero-order valence-electron chi connectivity index (χ0n) is 18.8. The van der Waals surface area contributed by atoms with Crippen molar-refractivity contribution in [1.29, 1.82) is 0 Å². The van der Waals surface area contributed by atoms with Crippen LogP contribution in [-0.4, -0.2) is 52.5 Å². The van der Waals surface area contributed by atoms with Gasteiger partial charge in [-0.2, -0.15) is 5.10 Å². The summed E-state index contributed by atoms with van der Waals surface area (Å²) in [6.45, 7) is 2.50. The molecule has 0 bridgehead atoms. The summed E-state index contributed by atoms with van der Waals surface area (Å²) in [5, 5.41) is 6.45. The maximum atomic E-state index is 12.2. The highest BCUT2D eigenvalue weighted by Crippen LogP contribution is 2.37. The molecule has 2 N–H and O–H groups in total. The van der Waals surface area contributed by atoms with Crippen LogP contribution >= 0.6 is 0 Å². The highest BCUT2D eigenvalue weighted by atomic mass is 16.5. The summed E-state index contributed by atoms with van der Waals surface area (Å²) in [4.78, 5) is 24.2. The van der Waals surface area contributed by atoms with E-state index in [9.17, 15) is 9.59 Å². The molecule has 0 fully saturated rings. The van der Waals surface area contributed by atoms with Gasteiger partial charge in [-0.1, -0.05) is 13.3 Å². The third-order valence-corrected chi connectivity index (χ3v) is 4.38. The molecule has 0 radical (unpaired) electrons. The fourth-order valence-electron chi connectivity index (χ4n) is 2.69. The molecule has 0 heterocycles. The number of carbonyl (C=O) groups excluding carboxylic acids is 2. The minimum absolute atomic E-state index is 0.222. The Bertz CT molecular complexity index is 903. The number of carbonyl (C=O) groups is 2. The number of ether oxygens (including phenoxy) is 4. The second-order valence-electron chi connectivity index (χ2n) is 6.66. The number of unbranched alkanes of at least 4 members (excludes halogenated alkanes) is 1. The first kappa shape index (κ1) is 24.5. The van der Waals surface area contributed by atoms with Gasteiger partial charge in [-0.05, 0) is 42.8 Å². The molecule has 0 atom stereocenters. The van der Waals surface area contributed by atoms with Crippen LogP contribution in [0.1, 0.15) is 35.7 Å². The molecule has 0 spiro atoms. The van der Waals surface area contributed by atoms with E-state index in [0.29, 0.717) is 40.7 Å². The zero-order chi connectivity index (χ0) is 23.3. The Morgan fingerprint density at radius 1 is 1.00 bits per heavy atom. The number of methoxy groups -OCH3 is 3. The lowest BCUT2D eigenvalue weighted by molar-refractivity contribution is -0.120. The number of hydrogen-bond acceptors (Lipinski definition) is 7. The van der Waals surface area contributed by atoms with Gasteiger partial charge in [0.15, 0.2) is 11.5 Å². The van der Waals surface area contributed by atoms with E-state index in [0.717, 1.165) is 12.8 Å². The van der Waals surface area contributed by atoms with E-state index < -0.39 is 5.91 Å². The van der Waals surface area contributed by atoms with Crippen LogP contribution in [-0.2, 0) is 4.79 Å². The van der Waals surface area contributed by atoms with E-state index in [1.165, 1.54) is 27.5 Å². The van der Waals surface area contributed by atoms with E-state index in [-0.39, 0.29) is 12.5 Å². The lowest BCUT2D eigenvalue weighted by Gasteiger charge is -2.12. The monoisotopic (exact) mass is 443 g/mol. The first-order valence-corrected chi connectivity index (χ1v) is 10.1. The van der Waals surface area contributed by atoms with E-state index in [4.69, 9.17) is 18.9 Å². The molecule has 2 aromatic rings. The summed E-state index contributed by atoms with van der Waals surface area (Å²) in [6, 6.07) is 10.1. The molecule has 0 aromatic heterocycles. The van der Waals surface area contributed by atoms with Crippen LogP contribution < -0.4 is 29.7 Å². The summed E-state index contributed by atoms with van der Waals surface area (Å²) in [5.74, 6) is 1.26. The van der Waals surface area contributed by atoms with Crippen LogP contribution in [0.25, 0.3) is 0 Å². The van der Waals surface area contributed by atoms with Crippen molar-refractivity contribution < 1.29 is 28.5 Å². The number of nitrogens with zero attached hydrogens (tertiary/aromatic N) is 1. The number of hydrogen-bond donors (Lipinski definition) is 2. The van der Waals surface area contributed by atoms with Gasteiger partial charge in [-0.25, -0.2) is 5.43 Å². The summed E-state index contributed by atoms with van der Waals surface area (Å²) in [7, 11) is 4.53. The molecule has 0 aliphatic heterocycles. The van der Waals surface area contributed by atoms with Crippen LogP contribution in [0.4, 0.5) is 0 Å². The van der Waals surface area contributed by atoms with Crippen LogP contribution in [0, 0.1) is 0 Å². The normalized spacial score (nSPS) is 10.5. The number of benzene rings is 2. The number of nitrogens with one attached hydrogen (secondary N) is 2. The predicted octanol–water partition coefficient (Wildman–Crippen LogP) is 2.77. The van der Waals surface area contributed by atoms with E-state index in [1.54, 1.807) is 36.4 Å². The van der Waals surface area contributed by atoms with Gasteiger partial charge < -0.3 is 24.3 Å². The molecule has 32 heavy (non-hydrogen) atoms. The average molecular weight is 444 g/mol. The first-order chi connectivity index (χ1) is 15.5. The Labute approximate surface area is 187 Å². The van der Waals surface area contributed by atoms with Crippen molar-refractivity contribution in [2.45, 2.75) is 19.8 Å². The maximum Gasteiger partial charge on any atom is 0.259 e. The zero-order valence-corrected chi connectivity index (χ0v) is 18.8. The third kappa shape index (κ3) is 7.19. The Hall–Kier alpha value is -3.75. The van der Waals surface area contributed by atoms with Crippen LogP contribution in [0.3, 0.4) is 0 Å². The molecule has 2 rings (SSSR count). The second kappa shape index (κ2) is 12.8. The summed E-state index contributed by atoms with van der Waals surface area (Å²) < 4.78 is 21.4. The third-order valence-electron chi connectivity index (χ3n) is 4.38. The fraction of sp³-hybridized carbons (Fsp3) is 0.348. The van der Waals surface area contributed by atoms with Crippen molar-refractivity contribution in [3.8, 4) is 23.0 Å². The summed E-state index contributed by atoms with van der Waals surface area (Å²) in [6.07, 6.45) is 3.45.